The number of aliphatic hydroxyl groups is 1. The van der Waals surface area contributed by atoms with Gasteiger partial charge in [0.25, 0.3) is 0 Å². The second-order valence-electron chi connectivity index (χ2n) is 6.03. The lowest BCUT2D eigenvalue weighted by Gasteiger charge is -2.11. The van der Waals surface area contributed by atoms with Crippen molar-refractivity contribution in [3.63, 3.8) is 0 Å². The van der Waals surface area contributed by atoms with E-state index in [-0.39, 0.29) is 12.3 Å². The number of carboxylic acid groups (broad SMARTS) is 1. The van der Waals surface area contributed by atoms with Crippen LogP contribution in [0.25, 0.3) is 27.7 Å². The second-order valence-corrected chi connectivity index (χ2v) is 6.03. The Morgan fingerprint density at radius 1 is 1.07 bits per heavy atom. The number of pyridine rings is 1. The third kappa shape index (κ3) is 3.16. The molecule has 7 heteroatoms. The first kappa shape index (κ1) is 16.9. The van der Waals surface area contributed by atoms with E-state index in [1.165, 1.54) is 0 Å². The quantitative estimate of drug-likeness (QED) is 0.567. The minimum Gasteiger partial charge on any atom is -0.477 e. The number of hydrogen-bond acceptors (Lipinski definition) is 5. The van der Waals surface area contributed by atoms with Crippen molar-refractivity contribution >= 4 is 16.9 Å². The molecule has 7 nitrogen and oxygen atoms in total. The molecule has 2 heterocycles. The topological polar surface area (TPSA) is 101 Å². The van der Waals surface area contributed by atoms with Gasteiger partial charge in [0, 0.05) is 18.4 Å². The van der Waals surface area contributed by atoms with Gasteiger partial charge < -0.3 is 10.2 Å². The summed E-state index contributed by atoms with van der Waals surface area (Å²) < 4.78 is 1.56. The predicted molar refractivity (Wildman–Crippen MR) is 99.8 cm³/mol. The Bertz CT molecular complexity index is 1120. The average Bonchev–Trinajstić information content (AvgIpc) is 3.16. The van der Waals surface area contributed by atoms with E-state index in [1.54, 1.807) is 16.9 Å². The van der Waals surface area contributed by atoms with Gasteiger partial charge in [-0.05, 0) is 23.3 Å². The lowest BCUT2D eigenvalue weighted by molar-refractivity contribution is 0.0691. The number of fused-ring (bicyclic) bond motifs is 1. The van der Waals surface area contributed by atoms with E-state index in [4.69, 9.17) is 5.11 Å². The molecule has 0 aliphatic heterocycles. The van der Waals surface area contributed by atoms with Gasteiger partial charge in [0.15, 0.2) is 0 Å². The van der Waals surface area contributed by atoms with Crippen molar-refractivity contribution < 1.29 is 15.0 Å². The molecule has 0 fully saturated rings. The zero-order chi connectivity index (χ0) is 18.8. The van der Waals surface area contributed by atoms with Crippen LogP contribution in [0, 0.1) is 0 Å². The molecule has 0 amide bonds. The molecule has 4 rings (SSSR count). The van der Waals surface area contributed by atoms with Crippen LogP contribution >= 0.6 is 0 Å². The van der Waals surface area contributed by atoms with Crippen LogP contribution < -0.4 is 0 Å². The first-order valence-corrected chi connectivity index (χ1v) is 8.42. The molecule has 2 aromatic heterocycles. The van der Waals surface area contributed by atoms with Gasteiger partial charge in [-0.15, -0.1) is 5.10 Å². The lowest BCUT2D eigenvalue weighted by Crippen LogP contribution is -2.04. The number of aromatic carboxylic acids is 1. The van der Waals surface area contributed by atoms with Crippen LogP contribution in [0.15, 0.2) is 60.8 Å². The third-order valence-electron chi connectivity index (χ3n) is 4.28. The van der Waals surface area contributed by atoms with Gasteiger partial charge in [0.05, 0.1) is 23.1 Å². The molecule has 0 saturated heterocycles. The van der Waals surface area contributed by atoms with Crippen LogP contribution in [0.3, 0.4) is 0 Å². The first-order valence-electron chi connectivity index (χ1n) is 8.42. The fourth-order valence-electron chi connectivity index (χ4n) is 3.03. The zero-order valence-electron chi connectivity index (χ0n) is 14.3. The molecule has 0 atom stereocenters. The summed E-state index contributed by atoms with van der Waals surface area (Å²) in [5.41, 5.74) is 3.46. The summed E-state index contributed by atoms with van der Waals surface area (Å²) in [6, 6.07) is 16.8. The molecule has 0 unspecified atom stereocenters. The molecule has 0 radical (unpaired) electrons. The molecule has 0 spiro atoms. The van der Waals surface area contributed by atoms with Gasteiger partial charge in [-0.25, -0.2) is 14.5 Å². The molecular formula is C20H16N4O3. The number of carbonyl (C=O) groups is 1. The van der Waals surface area contributed by atoms with Crippen LogP contribution in [0.5, 0.6) is 0 Å². The van der Waals surface area contributed by atoms with Crippen molar-refractivity contribution in [3.8, 4) is 16.8 Å². The third-order valence-corrected chi connectivity index (χ3v) is 4.28. The van der Waals surface area contributed by atoms with Gasteiger partial charge >= 0.3 is 5.97 Å². The molecule has 27 heavy (non-hydrogen) atoms. The molecule has 134 valence electrons. The Hall–Kier alpha value is -3.58. The van der Waals surface area contributed by atoms with Gasteiger partial charge in [0.1, 0.15) is 5.69 Å². The molecular weight excluding hydrogens is 344 g/mol. The maximum atomic E-state index is 11.6. The van der Waals surface area contributed by atoms with E-state index >= 15 is 0 Å². The second kappa shape index (κ2) is 6.97. The first-order chi connectivity index (χ1) is 13.2. The molecule has 0 saturated carbocycles. The summed E-state index contributed by atoms with van der Waals surface area (Å²) >= 11 is 0. The van der Waals surface area contributed by atoms with Crippen molar-refractivity contribution in [1.82, 2.24) is 20.0 Å². The molecule has 0 aliphatic rings. The number of hydrogen-bond donors (Lipinski definition) is 2. The number of aromatic nitrogens is 4. The molecule has 2 N–H and O–H groups in total. The van der Waals surface area contributed by atoms with E-state index in [1.807, 2.05) is 48.5 Å². The summed E-state index contributed by atoms with van der Waals surface area (Å²) in [7, 11) is 0. The fourth-order valence-corrected chi connectivity index (χ4v) is 3.03. The van der Waals surface area contributed by atoms with Crippen LogP contribution in [0.2, 0.25) is 0 Å². The summed E-state index contributed by atoms with van der Waals surface area (Å²) in [5.74, 6) is -1.09. The van der Waals surface area contributed by atoms with Crippen LogP contribution in [0.4, 0.5) is 0 Å². The van der Waals surface area contributed by atoms with Gasteiger partial charge in [-0.2, -0.15) is 0 Å². The van der Waals surface area contributed by atoms with Crippen LogP contribution in [-0.4, -0.2) is 42.8 Å². The highest BCUT2D eigenvalue weighted by Gasteiger charge is 2.16. The number of nitrogens with zero attached hydrogens (tertiary/aromatic N) is 4. The van der Waals surface area contributed by atoms with Gasteiger partial charge in [-0.1, -0.05) is 47.7 Å². The highest BCUT2D eigenvalue weighted by atomic mass is 16.4. The zero-order valence-corrected chi connectivity index (χ0v) is 14.3. The van der Waals surface area contributed by atoms with E-state index < -0.39 is 5.97 Å². The maximum Gasteiger partial charge on any atom is 0.354 e. The SMILES string of the molecule is O=C(O)c1cc(-c2ccccc2)c2cccc(-n3cc(CCO)nn3)c2n1. The van der Waals surface area contributed by atoms with E-state index in [0.717, 1.165) is 16.5 Å². The average molecular weight is 360 g/mol. The number of para-hydroxylation sites is 1. The Kier molecular flexibility index (Phi) is 4.35. The largest absolute Gasteiger partial charge is 0.477 e. The van der Waals surface area contributed by atoms with E-state index in [0.29, 0.717) is 23.3 Å². The van der Waals surface area contributed by atoms with Crippen molar-refractivity contribution in [2.45, 2.75) is 6.42 Å². The number of carboxylic acids is 1. The summed E-state index contributed by atoms with van der Waals surface area (Å²) in [6.07, 6.45) is 2.11. The minimum atomic E-state index is -1.09. The van der Waals surface area contributed by atoms with Gasteiger partial charge in [-0.3, -0.25) is 0 Å². The summed E-state index contributed by atoms with van der Waals surface area (Å²) in [6.45, 7) is -0.0200. The molecule has 4 aromatic rings. The standard InChI is InChI=1S/C20H16N4O3/c25-10-9-14-12-24(23-22-14)18-8-4-7-15-16(13-5-2-1-3-6-13)11-17(20(26)27)21-19(15)18/h1-8,11-12,25H,9-10H2,(H,26,27). The smallest absolute Gasteiger partial charge is 0.354 e. The molecule has 2 aromatic carbocycles. The van der Waals surface area contributed by atoms with Crippen molar-refractivity contribution in [3.05, 3.63) is 72.2 Å². The summed E-state index contributed by atoms with van der Waals surface area (Å²) in [4.78, 5) is 16.0. The van der Waals surface area contributed by atoms with Crippen LogP contribution in [0.1, 0.15) is 16.2 Å². The normalized spacial score (nSPS) is 11.0. The number of aliphatic hydroxyl groups excluding tert-OH is 1. The number of rotatable bonds is 5. The van der Waals surface area contributed by atoms with E-state index in [2.05, 4.69) is 15.3 Å². The van der Waals surface area contributed by atoms with E-state index in [9.17, 15) is 9.90 Å². The molecule has 0 bridgehead atoms. The monoisotopic (exact) mass is 360 g/mol. The Morgan fingerprint density at radius 3 is 2.63 bits per heavy atom. The highest BCUT2D eigenvalue weighted by Crippen LogP contribution is 2.31. The minimum absolute atomic E-state index is 0.0200. The molecule has 0 aliphatic carbocycles. The maximum absolute atomic E-state index is 11.6. The fraction of sp³-hybridized carbons (Fsp3) is 0.100. The van der Waals surface area contributed by atoms with Gasteiger partial charge in [0.2, 0.25) is 0 Å². The lowest BCUT2D eigenvalue weighted by atomic mass is 9.99. The van der Waals surface area contributed by atoms with Crippen LogP contribution in [-0.2, 0) is 6.42 Å². The van der Waals surface area contributed by atoms with Crippen molar-refractivity contribution in [1.29, 1.82) is 0 Å². The van der Waals surface area contributed by atoms with Crippen molar-refractivity contribution in [2.75, 3.05) is 6.61 Å². The Morgan fingerprint density at radius 2 is 1.89 bits per heavy atom. The predicted octanol–water partition coefficient (Wildman–Crippen LogP) is 2.72. The number of benzene rings is 2. The highest BCUT2D eigenvalue weighted by molar-refractivity contribution is 6.02. The summed E-state index contributed by atoms with van der Waals surface area (Å²) in [5, 5.41) is 27.6. The Balaban J connectivity index is 1.99. The van der Waals surface area contributed by atoms with Crippen molar-refractivity contribution in [2.24, 2.45) is 0 Å². The Labute approximate surface area is 154 Å².